The third kappa shape index (κ3) is 3.63. The van der Waals surface area contributed by atoms with Crippen LogP contribution in [0.4, 0.5) is 8.78 Å². The maximum atomic E-state index is 13.5. The zero-order chi connectivity index (χ0) is 26.0. The Hall–Kier alpha value is -3.73. The largest absolute Gasteiger partial charge is 0.494 e. The van der Waals surface area contributed by atoms with E-state index in [1.165, 1.54) is 6.07 Å². The average Bonchev–Trinajstić information content (AvgIpc) is 3.62. The summed E-state index contributed by atoms with van der Waals surface area (Å²) in [5.74, 6) is 1.33. The molecule has 1 aliphatic carbocycles. The van der Waals surface area contributed by atoms with Crippen molar-refractivity contribution in [2.75, 3.05) is 13.7 Å². The number of hydrogen-bond donors (Lipinski definition) is 1. The summed E-state index contributed by atoms with van der Waals surface area (Å²) >= 11 is 0. The van der Waals surface area contributed by atoms with Gasteiger partial charge in [0.25, 0.3) is 5.91 Å². The zero-order valence-electron chi connectivity index (χ0n) is 20.8. The minimum atomic E-state index is -2.95. The van der Waals surface area contributed by atoms with Crippen molar-refractivity contribution in [1.82, 2.24) is 24.0 Å². The molecule has 2 aliphatic rings. The highest BCUT2D eigenvalue weighted by Crippen LogP contribution is 2.39. The molecule has 3 atom stereocenters. The van der Waals surface area contributed by atoms with Gasteiger partial charge in [-0.25, -0.2) is 4.98 Å². The molecule has 2 unspecified atom stereocenters. The van der Waals surface area contributed by atoms with E-state index < -0.39 is 6.61 Å². The van der Waals surface area contributed by atoms with Gasteiger partial charge in [-0.05, 0) is 49.9 Å². The van der Waals surface area contributed by atoms with Crippen molar-refractivity contribution in [3.05, 3.63) is 35.9 Å². The molecule has 1 saturated heterocycles. The van der Waals surface area contributed by atoms with Crippen LogP contribution in [0.3, 0.4) is 0 Å². The number of nitrogens with zero attached hydrogens (tertiary/aromatic N) is 5. The second-order valence-corrected chi connectivity index (χ2v) is 9.69. The number of aromatic nitrogens is 4. The monoisotopic (exact) mass is 510 g/mol. The minimum absolute atomic E-state index is 0.0345. The fourth-order valence-corrected chi connectivity index (χ4v) is 6.04. The van der Waals surface area contributed by atoms with Gasteiger partial charge in [0.15, 0.2) is 5.82 Å². The van der Waals surface area contributed by atoms with E-state index in [0.29, 0.717) is 47.3 Å². The fraction of sp³-hybridized carbons (Fsp3) is 0.423. The first kappa shape index (κ1) is 23.7. The lowest BCUT2D eigenvalue weighted by atomic mass is 10.1. The summed E-state index contributed by atoms with van der Waals surface area (Å²) in [6.07, 6.45) is 2.00. The molecule has 11 heteroatoms. The summed E-state index contributed by atoms with van der Waals surface area (Å²) in [5.41, 5.74) is 9.49. The van der Waals surface area contributed by atoms with Crippen molar-refractivity contribution >= 4 is 28.0 Å². The average molecular weight is 511 g/mol. The zero-order valence-corrected chi connectivity index (χ0v) is 20.8. The number of benzene rings is 1. The molecule has 2 N–H and O–H groups in total. The summed E-state index contributed by atoms with van der Waals surface area (Å²) in [4.78, 5) is 24.6. The summed E-state index contributed by atoms with van der Waals surface area (Å²) < 4.78 is 39.5. The van der Waals surface area contributed by atoms with E-state index in [2.05, 4.69) is 9.72 Å². The van der Waals surface area contributed by atoms with Crippen molar-refractivity contribution < 1.29 is 23.0 Å². The molecule has 37 heavy (non-hydrogen) atoms. The Kier molecular flexibility index (Phi) is 5.55. The molecular formula is C26H28F2N6O3. The van der Waals surface area contributed by atoms with Crippen molar-refractivity contribution in [3.8, 4) is 23.1 Å². The van der Waals surface area contributed by atoms with E-state index in [4.69, 9.17) is 15.5 Å². The Morgan fingerprint density at radius 2 is 2.03 bits per heavy atom. The molecule has 3 aromatic heterocycles. The summed E-state index contributed by atoms with van der Waals surface area (Å²) in [6, 6.07) is 8.71. The second kappa shape index (κ2) is 8.69. The van der Waals surface area contributed by atoms with Crippen LogP contribution in [-0.4, -0.2) is 62.3 Å². The molecule has 1 amide bonds. The highest BCUT2D eigenvalue weighted by molar-refractivity contribution is 6.00. The number of ether oxygens (including phenoxy) is 2. The van der Waals surface area contributed by atoms with Crippen LogP contribution < -0.4 is 15.2 Å². The maximum absolute atomic E-state index is 13.5. The topological polar surface area (TPSA) is 100 Å². The highest BCUT2D eigenvalue weighted by atomic mass is 19.3. The van der Waals surface area contributed by atoms with Crippen LogP contribution >= 0.6 is 0 Å². The Labute approximate surface area is 211 Å². The number of nitrogens with two attached hydrogens (primary N) is 1. The van der Waals surface area contributed by atoms with E-state index in [9.17, 15) is 13.6 Å². The first-order valence-electron chi connectivity index (χ1n) is 12.4. The van der Waals surface area contributed by atoms with Crippen LogP contribution in [0.2, 0.25) is 0 Å². The van der Waals surface area contributed by atoms with Gasteiger partial charge in [0, 0.05) is 49.2 Å². The van der Waals surface area contributed by atoms with Crippen molar-refractivity contribution in [2.24, 2.45) is 18.7 Å². The number of imidazole rings is 1. The molecule has 194 valence electrons. The molecule has 4 heterocycles. The van der Waals surface area contributed by atoms with Crippen LogP contribution in [0.1, 0.15) is 30.1 Å². The summed E-state index contributed by atoms with van der Waals surface area (Å²) in [7, 11) is 3.45. The number of aryl methyl sites for hydroxylation is 2. The number of carbonyl (C=O) groups excluding carboxylic acids is 1. The predicted octanol–water partition coefficient (Wildman–Crippen LogP) is 3.78. The SMILES string of the molecule is CCn1c(-c2nc3cc(C(=O)N4C[C@H]5CCC4C5N)cc(OC)c3n2C)cc2ccc(OC(F)F)nc21. The fourth-order valence-electron chi connectivity index (χ4n) is 6.04. The molecule has 1 aliphatic heterocycles. The van der Waals surface area contributed by atoms with Gasteiger partial charge in [-0.3, -0.25) is 4.79 Å². The van der Waals surface area contributed by atoms with E-state index in [-0.39, 0.29) is 23.9 Å². The van der Waals surface area contributed by atoms with Gasteiger partial charge in [0.05, 0.1) is 18.3 Å². The molecule has 2 bridgehead atoms. The van der Waals surface area contributed by atoms with Crippen LogP contribution in [0.15, 0.2) is 30.3 Å². The lowest BCUT2D eigenvalue weighted by Crippen LogP contribution is -2.41. The smallest absolute Gasteiger partial charge is 0.388 e. The van der Waals surface area contributed by atoms with E-state index in [0.717, 1.165) is 29.4 Å². The summed E-state index contributed by atoms with van der Waals surface area (Å²) in [6.45, 7) is 0.204. The number of halogens is 2. The summed E-state index contributed by atoms with van der Waals surface area (Å²) in [5, 5.41) is 0.772. The van der Waals surface area contributed by atoms with Gasteiger partial charge >= 0.3 is 6.61 Å². The number of alkyl halides is 2. The van der Waals surface area contributed by atoms with Gasteiger partial charge in [-0.15, -0.1) is 0 Å². The van der Waals surface area contributed by atoms with Crippen LogP contribution in [0.25, 0.3) is 33.6 Å². The molecule has 0 spiro atoms. The Balaban J connectivity index is 1.45. The number of amides is 1. The number of piperidine rings is 1. The Morgan fingerprint density at radius 1 is 1.22 bits per heavy atom. The molecule has 1 aromatic carbocycles. The van der Waals surface area contributed by atoms with Gasteiger partial charge < -0.3 is 29.2 Å². The Morgan fingerprint density at radius 3 is 2.68 bits per heavy atom. The second-order valence-electron chi connectivity index (χ2n) is 9.69. The van der Waals surface area contributed by atoms with Crippen LogP contribution in [0, 0.1) is 5.92 Å². The maximum Gasteiger partial charge on any atom is 0.388 e. The standard InChI is InChI=1S/C26H28F2N6O3/c1-4-33-18(10-13-6-8-20(31-23(13)33)37-26(27)28)24-30-16-9-15(11-19(36-3)22(16)32(24)2)25(35)34-12-14-5-7-17(34)21(14)29/h6,8-11,14,17,21,26H,4-5,7,12,29H2,1-3H3/t14-,17?,21?/m1/s1. The van der Waals surface area contributed by atoms with E-state index >= 15 is 0 Å². The predicted molar refractivity (Wildman–Crippen MR) is 134 cm³/mol. The first-order valence-corrected chi connectivity index (χ1v) is 12.4. The number of methoxy groups -OCH3 is 1. The molecule has 9 nitrogen and oxygen atoms in total. The minimum Gasteiger partial charge on any atom is -0.494 e. The van der Waals surface area contributed by atoms with Crippen molar-refractivity contribution in [3.63, 3.8) is 0 Å². The first-order chi connectivity index (χ1) is 17.8. The number of rotatable bonds is 6. The lowest BCUT2D eigenvalue weighted by molar-refractivity contribution is -0.0526. The van der Waals surface area contributed by atoms with Crippen molar-refractivity contribution in [2.45, 2.75) is 45.0 Å². The molecule has 2 fully saturated rings. The van der Waals surface area contributed by atoms with Gasteiger partial charge in [-0.2, -0.15) is 13.8 Å². The molecule has 6 rings (SSSR count). The third-order valence-corrected chi connectivity index (χ3v) is 7.79. The number of pyridine rings is 1. The Bertz CT molecular complexity index is 1530. The lowest BCUT2D eigenvalue weighted by Gasteiger charge is -2.27. The van der Waals surface area contributed by atoms with Crippen molar-refractivity contribution in [1.29, 1.82) is 0 Å². The van der Waals surface area contributed by atoms with E-state index in [1.807, 2.05) is 34.1 Å². The molecule has 0 radical (unpaired) electrons. The number of hydrogen-bond acceptors (Lipinski definition) is 6. The van der Waals surface area contributed by atoms with Crippen LogP contribution in [0.5, 0.6) is 11.6 Å². The highest BCUT2D eigenvalue weighted by Gasteiger charge is 2.47. The molecule has 1 saturated carbocycles. The third-order valence-electron chi connectivity index (χ3n) is 7.79. The molecular weight excluding hydrogens is 482 g/mol. The quantitative estimate of drug-likeness (QED) is 0.424. The molecule has 4 aromatic rings. The van der Waals surface area contributed by atoms with Crippen LogP contribution in [-0.2, 0) is 13.6 Å². The number of likely N-dealkylation sites (tertiary alicyclic amines) is 1. The van der Waals surface area contributed by atoms with Gasteiger partial charge in [-0.1, -0.05) is 0 Å². The van der Waals surface area contributed by atoms with Gasteiger partial charge in [0.2, 0.25) is 5.88 Å². The number of fused-ring (bicyclic) bond motifs is 4. The normalized spacial score (nSPS) is 21.1. The van der Waals surface area contributed by atoms with E-state index in [1.54, 1.807) is 25.3 Å². The van der Waals surface area contributed by atoms with Gasteiger partial charge in [0.1, 0.15) is 16.9 Å². The number of carbonyl (C=O) groups is 1.